The number of amides is 1. The van der Waals surface area contributed by atoms with Gasteiger partial charge in [-0.05, 0) is 36.6 Å². The number of halogens is 2. The summed E-state index contributed by atoms with van der Waals surface area (Å²) in [4.78, 5) is 17.8. The molecule has 1 aromatic carbocycles. The molecule has 0 bridgehead atoms. The van der Waals surface area contributed by atoms with Crippen LogP contribution in [-0.4, -0.2) is 20.7 Å². The number of nitrogens with zero attached hydrogens (tertiary/aromatic N) is 3. The van der Waals surface area contributed by atoms with E-state index in [0.717, 1.165) is 33.7 Å². The van der Waals surface area contributed by atoms with Gasteiger partial charge in [0.25, 0.3) is 0 Å². The summed E-state index contributed by atoms with van der Waals surface area (Å²) in [6.45, 7) is 1.77. The molecular weight excluding hydrogens is 370 g/mol. The van der Waals surface area contributed by atoms with Gasteiger partial charge in [-0.1, -0.05) is 6.07 Å². The molecule has 0 atom stereocenters. The average molecular weight is 384 g/mol. The van der Waals surface area contributed by atoms with Crippen molar-refractivity contribution in [1.82, 2.24) is 14.8 Å². The van der Waals surface area contributed by atoms with Crippen LogP contribution in [0.1, 0.15) is 5.69 Å². The molecule has 0 aliphatic rings. The summed E-state index contributed by atoms with van der Waals surface area (Å²) in [5, 5.41) is 9.87. The molecule has 0 fully saturated rings. The number of aryl methyl sites for hydroxylation is 1. The minimum Gasteiger partial charge on any atom is -0.324 e. The van der Waals surface area contributed by atoms with E-state index in [4.69, 9.17) is 0 Å². The van der Waals surface area contributed by atoms with Crippen LogP contribution in [0.2, 0.25) is 0 Å². The Labute approximate surface area is 157 Å². The topological polar surface area (TPSA) is 59.8 Å². The molecule has 0 unspecified atom stereocenters. The summed E-state index contributed by atoms with van der Waals surface area (Å²) in [5.41, 5.74) is 2.56. The SMILES string of the molecule is Cc1nn(CC(=O)Nc2ccc(F)c(F)c2)c2nccc(-c3cccs3)c12. The molecule has 0 spiro atoms. The second-order valence-corrected chi connectivity index (χ2v) is 6.90. The van der Waals surface area contributed by atoms with Crippen molar-refractivity contribution in [2.75, 3.05) is 5.32 Å². The number of benzene rings is 1. The molecule has 136 valence electrons. The van der Waals surface area contributed by atoms with Gasteiger partial charge in [-0.2, -0.15) is 5.10 Å². The molecule has 0 aliphatic heterocycles. The highest BCUT2D eigenvalue weighted by Crippen LogP contribution is 2.32. The van der Waals surface area contributed by atoms with E-state index in [-0.39, 0.29) is 12.2 Å². The number of pyridine rings is 1. The third-order valence-electron chi connectivity index (χ3n) is 4.09. The van der Waals surface area contributed by atoms with Crippen LogP contribution in [0.4, 0.5) is 14.5 Å². The van der Waals surface area contributed by atoms with Crippen LogP contribution in [-0.2, 0) is 11.3 Å². The molecule has 0 radical (unpaired) electrons. The van der Waals surface area contributed by atoms with Crippen LogP contribution < -0.4 is 5.32 Å². The Hall–Kier alpha value is -3.13. The van der Waals surface area contributed by atoms with Crippen molar-refractivity contribution in [3.05, 3.63) is 65.3 Å². The molecule has 27 heavy (non-hydrogen) atoms. The lowest BCUT2D eigenvalue weighted by molar-refractivity contribution is -0.116. The first kappa shape index (κ1) is 17.3. The van der Waals surface area contributed by atoms with Gasteiger partial charge >= 0.3 is 0 Å². The fourth-order valence-corrected chi connectivity index (χ4v) is 3.70. The third kappa shape index (κ3) is 3.31. The van der Waals surface area contributed by atoms with Crippen molar-refractivity contribution < 1.29 is 13.6 Å². The zero-order valence-corrected chi connectivity index (χ0v) is 15.1. The summed E-state index contributed by atoms with van der Waals surface area (Å²) >= 11 is 1.62. The molecule has 1 N–H and O–H groups in total. The Kier molecular flexibility index (Phi) is 4.41. The van der Waals surface area contributed by atoms with E-state index in [9.17, 15) is 13.6 Å². The third-order valence-corrected chi connectivity index (χ3v) is 4.99. The van der Waals surface area contributed by atoms with Gasteiger partial charge in [-0.15, -0.1) is 11.3 Å². The fourth-order valence-electron chi connectivity index (χ4n) is 2.94. The smallest absolute Gasteiger partial charge is 0.246 e. The summed E-state index contributed by atoms with van der Waals surface area (Å²) in [6.07, 6.45) is 1.68. The number of anilines is 1. The second-order valence-electron chi connectivity index (χ2n) is 5.95. The number of aromatic nitrogens is 3. The maximum Gasteiger partial charge on any atom is 0.246 e. The number of nitrogens with one attached hydrogen (secondary N) is 1. The molecule has 0 aliphatic carbocycles. The Morgan fingerprint density at radius 3 is 2.81 bits per heavy atom. The van der Waals surface area contributed by atoms with Gasteiger partial charge in [-0.25, -0.2) is 18.4 Å². The molecule has 0 saturated heterocycles. The molecule has 1 amide bonds. The maximum atomic E-state index is 13.3. The first-order valence-corrected chi connectivity index (χ1v) is 9.02. The van der Waals surface area contributed by atoms with Crippen molar-refractivity contribution in [3.63, 3.8) is 0 Å². The molecule has 4 rings (SSSR count). The van der Waals surface area contributed by atoms with Crippen LogP contribution >= 0.6 is 11.3 Å². The Morgan fingerprint density at radius 1 is 1.22 bits per heavy atom. The molecular formula is C19H14F2N4OS. The maximum absolute atomic E-state index is 13.3. The van der Waals surface area contributed by atoms with Crippen molar-refractivity contribution in [2.24, 2.45) is 0 Å². The number of carbonyl (C=O) groups excluding carboxylic acids is 1. The molecule has 3 aromatic heterocycles. The largest absolute Gasteiger partial charge is 0.324 e. The molecule has 8 heteroatoms. The van der Waals surface area contributed by atoms with Crippen molar-refractivity contribution >= 4 is 34.0 Å². The van der Waals surface area contributed by atoms with Gasteiger partial charge in [0, 0.05) is 28.4 Å². The second kappa shape index (κ2) is 6.88. The van der Waals surface area contributed by atoms with E-state index in [2.05, 4.69) is 15.4 Å². The van der Waals surface area contributed by atoms with Crippen LogP contribution in [0.25, 0.3) is 21.5 Å². The molecule has 5 nitrogen and oxygen atoms in total. The summed E-state index contributed by atoms with van der Waals surface area (Å²) < 4.78 is 27.8. The van der Waals surface area contributed by atoms with E-state index in [1.807, 2.05) is 30.5 Å². The Bertz CT molecular complexity index is 1140. The van der Waals surface area contributed by atoms with Gasteiger partial charge in [0.15, 0.2) is 17.3 Å². The van der Waals surface area contributed by atoms with Crippen LogP contribution in [0.15, 0.2) is 48.0 Å². The van der Waals surface area contributed by atoms with E-state index < -0.39 is 17.5 Å². The average Bonchev–Trinajstić information content (AvgIpc) is 3.27. The first-order valence-electron chi connectivity index (χ1n) is 8.14. The summed E-state index contributed by atoms with van der Waals surface area (Å²) in [7, 11) is 0. The summed E-state index contributed by atoms with van der Waals surface area (Å²) in [6, 6.07) is 9.12. The predicted octanol–water partition coefficient (Wildman–Crippen LogP) is 4.39. The lowest BCUT2D eigenvalue weighted by atomic mass is 10.1. The zero-order chi connectivity index (χ0) is 19.0. The highest BCUT2D eigenvalue weighted by Gasteiger charge is 2.16. The first-order chi connectivity index (χ1) is 13.0. The number of hydrogen-bond donors (Lipinski definition) is 1. The number of hydrogen-bond acceptors (Lipinski definition) is 4. The van der Waals surface area contributed by atoms with E-state index in [0.29, 0.717) is 5.65 Å². The standard InChI is InChI=1S/C19H14F2N4OS/c1-11-18-13(16-3-2-8-27-16)6-7-22-19(18)25(24-11)10-17(26)23-12-4-5-14(20)15(21)9-12/h2-9H,10H2,1H3,(H,23,26). The molecule has 3 heterocycles. The Morgan fingerprint density at radius 2 is 2.07 bits per heavy atom. The molecule has 4 aromatic rings. The molecule has 0 saturated carbocycles. The highest BCUT2D eigenvalue weighted by molar-refractivity contribution is 7.13. The highest BCUT2D eigenvalue weighted by atomic mass is 32.1. The van der Waals surface area contributed by atoms with Crippen LogP contribution in [0, 0.1) is 18.6 Å². The fraction of sp³-hybridized carbons (Fsp3) is 0.105. The lowest BCUT2D eigenvalue weighted by Gasteiger charge is -2.07. The van der Waals surface area contributed by atoms with Gasteiger partial charge in [0.05, 0.1) is 11.1 Å². The quantitative estimate of drug-likeness (QED) is 0.568. The monoisotopic (exact) mass is 384 g/mol. The van der Waals surface area contributed by atoms with Crippen LogP contribution in [0.3, 0.4) is 0 Å². The minimum absolute atomic E-state index is 0.0930. The van der Waals surface area contributed by atoms with Gasteiger partial charge in [0.1, 0.15) is 6.54 Å². The number of carbonyl (C=O) groups is 1. The van der Waals surface area contributed by atoms with Crippen molar-refractivity contribution in [3.8, 4) is 10.4 Å². The van der Waals surface area contributed by atoms with Gasteiger partial charge in [0.2, 0.25) is 5.91 Å². The van der Waals surface area contributed by atoms with E-state index >= 15 is 0 Å². The zero-order valence-electron chi connectivity index (χ0n) is 14.2. The van der Waals surface area contributed by atoms with Crippen LogP contribution in [0.5, 0.6) is 0 Å². The van der Waals surface area contributed by atoms with Gasteiger partial charge in [-0.3, -0.25) is 4.79 Å². The minimum atomic E-state index is -1.02. The normalized spacial score (nSPS) is 11.1. The summed E-state index contributed by atoms with van der Waals surface area (Å²) in [5.74, 6) is -2.39. The predicted molar refractivity (Wildman–Crippen MR) is 101 cm³/mol. The van der Waals surface area contributed by atoms with Crippen molar-refractivity contribution in [2.45, 2.75) is 13.5 Å². The number of thiophene rings is 1. The lowest BCUT2D eigenvalue weighted by Crippen LogP contribution is -2.20. The van der Waals surface area contributed by atoms with Crippen molar-refractivity contribution in [1.29, 1.82) is 0 Å². The van der Waals surface area contributed by atoms with Gasteiger partial charge < -0.3 is 5.32 Å². The Balaban J connectivity index is 1.63. The van der Waals surface area contributed by atoms with E-state index in [1.165, 1.54) is 10.7 Å². The number of fused-ring (bicyclic) bond motifs is 1. The van der Waals surface area contributed by atoms with E-state index in [1.54, 1.807) is 17.5 Å². The number of rotatable bonds is 4.